The van der Waals surface area contributed by atoms with Gasteiger partial charge in [-0.05, 0) is 18.1 Å². The van der Waals surface area contributed by atoms with Crippen LogP contribution in [0.3, 0.4) is 0 Å². The van der Waals surface area contributed by atoms with Gasteiger partial charge in [0.15, 0.2) is 6.61 Å². The van der Waals surface area contributed by atoms with Gasteiger partial charge in [-0.15, -0.1) is 0 Å². The van der Waals surface area contributed by atoms with Gasteiger partial charge in [-0.1, -0.05) is 32.4 Å². The van der Waals surface area contributed by atoms with Crippen LogP contribution in [-0.2, 0) is 19.1 Å². The molecule has 136 valence electrons. The number of hydrogen-bond donors (Lipinski definition) is 1. The number of ether oxygens (including phenoxy) is 2. The van der Waals surface area contributed by atoms with Crippen molar-refractivity contribution in [2.45, 2.75) is 32.7 Å². The SMILES string of the molecule is CC[C@@H](C)[C@@H](NC(=O)CCN1C(=O)COc2ccccc21)C(=O)OC. The molecule has 1 aromatic rings. The molecule has 0 bridgehead atoms. The maximum Gasteiger partial charge on any atom is 0.328 e. The van der Waals surface area contributed by atoms with E-state index in [2.05, 4.69) is 5.32 Å². The number of nitrogens with one attached hydrogen (secondary N) is 1. The number of amides is 2. The molecule has 0 unspecified atom stereocenters. The van der Waals surface area contributed by atoms with E-state index in [-0.39, 0.29) is 37.3 Å². The first kappa shape index (κ1) is 18.8. The topological polar surface area (TPSA) is 84.9 Å². The molecule has 0 saturated carbocycles. The number of methoxy groups -OCH3 is 1. The first-order valence-corrected chi connectivity index (χ1v) is 8.37. The second-order valence-corrected chi connectivity index (χ2v) is 6.01. The first-order chi connectivity index (χ1) is 12.0. The van der Waals surface area contributed by atoms with Crippen molar-refractivity contribution >= 4 is 23.5 Å². The Bertz CT molecular complexity index is 646. The Kier molecular flexibility index (Phi) is 6.38. The van der Waals surface area contributed by atoms with Crippen molar-refractivity contribution in [1.29, 1.82) is 0 Å². The fraction of sp³-hybridized carbons (Fsp3) is 0.500. The molecule has 25 heavy (non-hydrogen) atoms. The van der Waals surface area contributed by atoms with Crippen LogP contribution in [0.5, 0.6) is 5.75 Å². The number of nitrogens with zero attached hydrogens (tertiary/aromatic N) is 1. The standard InChI is InChI=1S/C18H24N2O5/c1-4-12(2)17(18(23)24-3)19-15(21)9-10-20-13-7-5-6-8-14(13)25-11-16(20)22/h5-8,12,17H,4,9-11H2,1-3H3,(H,19,21)/t12-,17-/m1/s1. The smallest absolute Gasteiger partial charge is 0.328 e. The van der Waals surface area contributed by atoms with Crippen molar-refractivity contribution in [1.82, 2.24) is 5.32 Å². The van der Waals surface area contributed by atoms with Gasteiger partial charge in [0.2, 0.25) is 5.91 Å². The number of para-hydroxylation sites is 2. The van der Waals surface area contributed by atoms with E-state index < -0.39 is 12.0 Å². The van der Waals surface area contributed by atoms with E-state index in [1.54, 1.807) is 12.1 Å². The number of esters is 1. The molecule has 1 aliphatic rings. The molecule has 0 radical (unpaired) electrons. The number of hydrogen-bond acceptors (Lipinski definition) is 5. The van der Waals surface area contributed by atoms with Gasteiger partial charge in [0.1, 0.15) is 11.8 Å². The largest absolute Gasteiger partial charge is 0.482 e. The third-order valence-corrected chi connectivity index (χ3v) is 4.36. The van der Waals surface area contributed by atoms with Gasteiger partial charge in [0, 0.05) is 13.0 Å². The zero-order valence-electron chi connectivity index (χ0n) is 14.8. The minimum absolute atomic E-state index is 0.0397. The molecular formula is C18H24N2O5. The van der Waals surface area contributed by atoms with Gasteiger partial charge < -0.3 is 19.7 Å². The number of rotatable bonds is 7. The lowest BCUT2D eigenvalue weighted by Crippen LogP contribution is -2.47. The van der Waals surface area contributed by atoms with Crippen LogP contribution in [-0.4, -0.2) is 44.1 Å². The summed E-state index contributed by atoms with van der Waals surface area (Å²) in [7, 11) is 1.30. The Morgan fingerprint density at radius 1 is 1.36 bits per heavy atom. The van der Waals surface area contributed by atoms with Crippen LogP contribution in [0.2, 0.25) is 0 Å². The number of anilines is 1. The average Bonchev–Trinajstić information content (AvgIpc) is 2.64. The Labute approximate surface area is 147 Å². The molecule has 1 aliphatic heterocycles. The summed E-state index contributed by atoms with van der Waals surface area (Å²) >= 11 is 0. The molecule has 2 atom stereocenters. The zero-order chi connectivity index (χ0) is 18.4. The summed E-state index contributed by atoms with van der Waals surface area (Å²) in [5, 5.41) is 2.71. The Morgan fingerprint density at radius 3 is 2.76 bits per heavy atom. The van der Waals surface area contributed by atoms with Gasteiger partial charge in [-0.3, -0.25) is 9.59 Å². The predicted molar refractivity (Wildman–Crippen MR) is 92.3 cm³/mol. The first-order valence-electron chi connectivity index (χ1n) is 8.37. The van der Waals surface area contributed by atoms with E-state index in [0.29, 0.717) is 11.4 Å². The van der Waals surface area contributed by atoms with Crippen LogP contribution in [0, 0.1) is 5.92 Å². The summed E-state index contributed by atoms with van der Waals surface area (Å²) < 4.78 is 10.1. The highest BCUT2D eigenvalue weighted by atomic mass is 16.5. The molecule has 2 amide bonds. The lowest BCUT2D eigenvalue weighted by Gasteiger charge is -2.29. The van der Waals surface area contributed by atoms with Gasteiger partial charge in [0.05, 0.1) is 12.8 Å². The van der Waals surface area contributed by atoms with Gasteiger partial charge >= 0.3 is 5.97 Å². The van der Waals surface area contributed by atoms with E-state index in [4.69, 9.17) is 9.47 Å². The van der Waals surface area contributed by atoms with Crippen LogP contribution in [0.15, 0.2) is 24.3 Å². The molecular weight excluding hydrogens is 324 g/mol. The monoisotopic (exact) mass is 348 g/mol. The van der Waals surface area contributed by atoms with Crippen LogP contribution in [0.25, 0.3) is 0 Å². The normalized spacial score (nSPS) is 15.6. The second kappa shape index (κ2) is 8.50. The minimum Gasteiger partial charge on any atom is -0.482 e. The fourth-order valence-corrected chi connectivity index (χ4v) is 2.65. The third kappa shape index (κ3) is 4.49. The molecule has 1 N–H and O–H groups in total. The molecule has 2 rings (SSSR count). The summed E-state index contributed by atoms with van der Waals surface area (Å²) in [4.78, 5) is 37.8. The van der Waals surface area contributed by atoms with Crippen LogP contribution >= 0.6 is 0 Å². The number of carbonyl (C=O) groups is 3. The number of fused-ring (bicyclic) bond motifs is 1. The Hall–Kier alpha value is -2.57. The molecule has 7 heteroatoms. The van der Waals surface area contributed by atoms with Gasteiger partial charge in [0.25, 0.3) is 5.91 Å². The van der Waals surface area contributed by atoms with E-state index >= 15 is 0 Å². The average molecular weight is 348 g/mol. The van der Waals surface area contributed by atoms with Crippen molar-refractivity contribution in [3.63, 3.8) is 0 Å². The summed E-state index contributed by atoms with van der Waals surface area (Å²) in [6, 6.07) is 6.51. The summed E-state index contributed by atoms with van der Waals surface area (Å²) in [5.74, 6) is -0.377. The van der Waals surface area contributed by atoms with Crippen molar-refractivity contribution < 1.29 is 23.9 Å². The van der Waals surface area contributed by atoms with Crippen LogP contribution in [0.4, 0.5) is 5.69 Å². The second-order valence-electron chi connectivity index (χ2n) is 6.01. The zero-order valence-corrected chi connectivity index (χ0v) is 14.8. The summed E-state index contributed by atoms with van der Waals surface area (Å²) in [6.45, 7) is 4.00. The van der Waals surface area contributed by atoms with Gasteiger partial charge in [-0.2, -0.15) is 0 Å². The maximum absolute atomic E-state index is 12.3. The maximum atomic E-state index is 12.3. The summed E-state index contributed by atoms with van der Waals surface area (Å²) in [6.07, 6.45) is 0.819. The quantitative estimate of drug-likeness (QED) is 0.755. The molecule has 0 aromatic heterocycles. The van der Waals surface area contributed by atoms with Crippen molar-refractivity contribution in [3.05, 3.63) is 24.3 Å². The minimum atomic E-state index is -0.685. The summed E-state index contributed by atoms with van der Waals surface area (Å²) in [5.41, 5.74) is 0.651. The molecule has 0 aliphatic carbocycles. The molecule has 0 spiro atoms. The highest BCUT2D eigenvalue weighted by Crippen LogP contribution is 2.31. The lowest BCUT2D eigenvalue weighted by molar-refractivity contribution is -0.146. The fourth-order valence-electron chi connectivity index (χ4n) is 2.65. The van der Waals surface area contributed by atoms with Crippen LogP contribution in [0.1, 0.15) is 26.7 Å². The number of benzene rings is 1. The van der Waals surface area contributed by atoms with Crippen LogP contribution < -0.4 is 15.0 Å². The Morgan fingerprint density at radius 2 is 2.08 bits per heavy atom. The molecule has 1 aromatic carbocycles. The van der Waals surface area contributed by atoms with E-state index in [9.17, 15) is 14.4 Å². The van der Waals surface area contributed by atoms with Crippen molar-refractivity contribution in [2.75, 3.05) is 25.2 Å². The van der Waals surface area contributed by atoms with Gasteiger partial charge in [-0.25, -0.2) is 4.79 Å². The Balaban J connectivity index is 1.99. The predicted octanol–water partition coefficient (Wildman–Crippen LogP) is 1.51. The molecule has 0 saturated heterocycles. The number of carbonyl (C=O) groups excluding carboxylic acids is 3. The van der Waals surface area contributed by atoms with Crippen molar-refractivity contribution in [2.24, 2.45) is 5.92 Å². The highest BCUT2D eigenvalue weighted by Gasteiger charge is 2.28. The van der Waals surface area contributed by atoms with Crippen molar-refractivity contribution in [3.8, 4) is 5.75 Å². The molecule has 0 fully saturated rings. The molecule has 7 nitrogen and oxygen atoms in total. The molecule has 1 heterocycles. The van der Waals surface area contributed by atoms with E-state index in [1.165, 1.54) is 12.0 Å². The lowest BCUT2D eigenvalue weighted by atomic mass is 9.99. The third-order valence-electron chi connectivity index (χ3n) is 4.36. The van der Waals surface area contributed by atoms with E-state index in [0.717, 1.165) is 6.42 Å². The highest BCUT2D eigenvalue weighted by molar-refractivity contribution is 5.98. The van der Waals surface area contributed by atoms with E-state index in [1.807, 2.05) is 26.0 Å².